The van der Waals surface area contributed by atoms with E-state index in [1.54, 1.807) is 0 Å². The van der Waals surface area contributed by atoms with Crippen LogP contribution in [-0.4, -0.2) is 19.9 Å². The van der Waals surface area contributed by atoms with Crippen molar-refractivity contribution in [2.45, 2.75) is 0 Å². The largest absolute Gasteiger partial charge is 0.293 e. The molecule has 0 aromatic carbocycles. The SMILES string of the molecule is CS(=O)(=O)OOOOOO. The van der Waals surface area contributed by atoms with E-state index in [0.29, 0.717) is 6.26 Å². The number of hydrogen-bond donors (Lipinski definition) is 1. The Hall–Kier alpha value is -0.290. The summed E-state index contributed by atoms with van der Waals surface area (Å²) < 4.78 is 23.5. The third kappa shape index (κ3) is 7.71. The van der Waals surface area contributed by atoms with Gasteiger partial charge in [0.1, 0.15) is 0 Å². The van der Waals surface area contributed by atoms with Crippen LogP contribution in [0.2, 0.25) is 0 Å². The molecule has 0 saturated heterocycles. The van der Waals surface area contributed by atoms with Crippen molar-refractivity contribution in [1.82, 2.24) is 0 Å². The molecule has 9 heteroatoms. The molecule has 0 aromatic rings. The second-order valence-corrected chi connectivity index (χ2v) is 2.60. The highest BCUT2D eigenvalue weighted by Gasteiger charge is 2.02. The van der Waals surface area contributed by atoms with Crippen LogP contribution in [-0.2, 0) is 34.6 Å². The highest BCUT2D eigenvalue weighted by Crippen LogP contribution is 1.89. The molecule has 10 heavy (non-hydrogen) atoms. The van der Waals surface area contributed by atoms with Gasteiger partial charge in [0.25, 0.3) is 10.1 Å². The van der Waals surface area contributed by atoms with Crippen molar-refractivity contribution in [2.24, 2.45) is 0 Å². The van der Waals surface area contributed by atoms with Gasteiger partial charge in [-0.1, -0.05) is 4.33 Å². The molecule has 8 nitrogen and oxygen atoms in total. The van der Waals surface area contributed by atoms with Gasteiger partial charge in [0.2, 0.25) is 0 Å². The molecular weight excluding hydrogens is 172 g/mol. The topological polar surface area (TPSA) is 101 Å². The summed E-state index contributed by atoms with van der Waals surface area (Å²) in [5, 5.41) is 20.0. The zero-order chi connectivity index (χ0) is 8.04. The summed E-state index contributed by atoms with van der Waals surface area (Å²) in [4.78, 5) is 0. The van der Waals surface area contributed by atoms with Crippen molar-refractivity contribution in [3.05, 3.63) is 0 Å². The fourth-order valence-electron chi connectivity index (χ4n) is 0.0856. The van der Waals surface area contributed by atoms with E-state index in [4.69, 9.17) is 5.26 Å². The lowest BCUT2D eigenvalue weighted by molar-refractivity contribution is -0.741. The smallest absolute Gasteiger partial charge is 0.219 e. The summed E-state index contributed by atoms with van der Waals surface area (Å²) in [6.07, 6.45) is 0.705. The first-order valence-electron chi connectivity index (χ1n) is 1.76. The average molecular weight is 176 g/mol. The Balaban J connectivity index is 3.21. The van der Waals surface area contributed by atoms with Crippen LogP contribution in [0.1, 0.15) is 0 Å². The highest BCUT2D eigenvalue weighted by molar-refractivity contribution is 7.85. The van der Waals surface area contributed by atoms with Gasteiger partial charge in [-0.3, -0.25) is 0 Å². The molecule has 0 amide bonds. The number of hydrogen-bond acceptors (Lipinski definition) is 8. The molecule has 0 spiro atoms. The van der Waals surface area contributed by atoms with Crippen LogP contribution < -0.4 is 0 Å². The summed E-state index contributed by atoms with van der Waals surface area (Å²) in [6, 6.07) is 0. The van der Waals surface area contributed by atoms with Crippen molar-refractivity contribution in [2.75, 3.05) is 6.26 Å². The fraction of sp³-hybridized carbons (Fsp3) is 1.00. The molecular formula is CH4O8S. The van der Waals surface area contributed by atoms with Crippen molar-refractivity contribution in [3.8, 4) is 0 Å². The predicted octanol–water partition coefficient (Wildman–Crippen LogP) is -0.838. The Morgan fingerprint density at radius 2 is 1.80 bits per heavy atom. The standard InChI is InChI=1S/CH4O8S/c1-10(3,4)9-8-7-6-5-2/h2H,1H3. The maximum Gasteiger partial charge on any atom is 0.293 e. The van der Waals surface area contributed by atoms with Gasteiger partial charge in [0.05, 0.1) is 6.26 Å². The molecule has 0 fully saturated rings. The van der Waals surface area contributed by atoms with Gasteiger partial charge in [-0.25, -0.2) is 5.26 Å². The molecule has 0 aliphatic heterocycles. The first kappa shape index (κ1) is 9.71. The quantitative estimate of drug-likeness (QED) is 0.328. The van der Waals surface area contributed by atoms with Gasteiger partial charge in [-0.05, 0) is 20.2 Å². The van der Waals surface area contributed by atoms with Crippen LogP contribution >= 0.6 is 0 Å². The summed E-state index contributed by atoms with van der Waals surface area (Å²) in [7, 11) is -3.77. The molecule has 0 rings (SSSR count). The summed E-state index contributed by atoms with van der Waals surface area (Å²) >= 11 is 0. The van der Waals surface area contributed by atoms with Gasteiger partial charge in [-0.15, -0.1) is 0 Å². The maximum atomic E-state index is 10.0. The van der Waals surface area contributed by atoms with E-state index >= 15 is 0 Å². The van der Waals surface area contributed by atoms with Gasteiger partial charge in [-0.2, -0.15) is 8.42 Å². The summed E-state index contributed by atoms with van der Waals surface area (Å²) in [5.74, 6) is 0. The lowest BCUT2D eigenvalue weighted by Crippen LogP contribution is -2.04. The summed E-state index contributed by atoms with van der Waals surface area (Å²) in [5.41, 5.74) is 0. The van der Waals surface area contributed by atoms with Crippen molar-refractivity contribution >= 4 is 10.1 Å². The van der Waals surface area contributed by atoms with Crippen LogP contribution in [0.15, 0.2) is 0 Å². The van der Waals surface area contributed by atoms with E-state index in [-0.39, 0.29) is 0 Å². The van der Waals surface area contributed by atoms with E-state index in [2.05, 4.69) is 24.5 Å². The second kappa shape index (κ2) is 4.51. The van der Waals surface area contributed by atoms with Gasteiger partial charge in [0, 0.05) is 0 Å². The Morgan fingerprint density at radius 1 is 1.20 bits per heavy atom. The van der Waals surface area contributed by atoms with E-state index in [1.165, 1.54) is 0 Å². The average Bonchev–Trinajstić information content (AvgIpc) is 1.78. The van der Waals surface area contributed by atoms with Crippen LogP contribution in [0, 0.1) is 0 Å². The van der Waals surface area contributed by atoms with Crippen molar-refractivity contribution in [3.63, 3.8) is 0 Å². The van der Waals surface area contributed by atoms with E-state index < -0.39 is 10.1 Å². The maximum absolute atomic E-state index is 10.0. The third-order valence-electron chi connectivity index (χ3n) is 0.237. The van der Waals surface area contributed by atoms with E-state index in [9.17, 15) is 8.42 Å². The Labute approximate surface area is 55.6 Å². The molecule has 62 valence electrons. The molecule has 0 heterocycles. The Kier molecular flexibility index (Phi) is 4.38. The minimum absolute atomic E-state index is 0.705. The van der Waals surface area contributed by atoms with Gasteiger partial charge in [0.15, 0.2) is 0 Å². The van der Waals surface area contributed by atoms with Crippen LogP contribution in [0.5, 0.6) is 0 Å². The minimum Gasteiger partial charge on any atom is -0.219 e. The molecule has 0 atom stereocenters. The molecule has 0 aromatic heterocycles. The monoisotopic (exact) mass is 176 g/mol. The first-order chi connectivity index (χ1) is 4.56. The van der Waals surface area contributed by atoms with E-state index in [0.717, 1.165) is 0 Å². The lowest BCUT2D eigenvalue weighted by atomic mass is 12.0. The zero-order valence-electron chi connectivity index (χ0n) is 4.71. The minimum atomic E-state index is -3.77. The first-order valence-corrected chi connectivity index (χ1v) is 3.57. The van der Waals surface area contributed by atoms with Gasteiger partial charge < -0.3 is 0 Å². The van der Waals surface area contributed by atoms with Crippen LogP contribution in [0.25, 0.3) is 0 Å². The predicted molar refractivity (Wildman–Crippen MR) is 22.9 cm³/mol. The van der Waals surface area contributed by atoms with Crippen molar-refractivity contribution in [1.29, 1.82) is 0 Å². The molecule has 0 unspecified atom stereocenters. The second-order valence-electron chi connectivity index (χ2n) is 1.05. The Bertz CT molecular complexity index is 156. The van der Waals surface area contributed by atoms with Crippen LogP contribution in [0.3, 0.4) is 0 Å². The molecule has 0 bridgehead atoms. The third-order valence-corrected chi connectivity index (χ3v) is 0.540. The van der Waals surface area contributed by atoms with Gasteiger partial charge >= 0.3 is 0 Å². The van der Waals surface area contributed by atoms with E-state index in [1.807, 2.05) is 0 Å². The summed E-state index contributed by atoms with van der Waals surface area (Å²) in [6.45, 7) is 0. The molecule has 0 saturated carbocycles. The molecule has 0 aliphatic carbocycles. The van der Waals surface area contributed by atoms with Crippen molar-refractivity contribution < 1.29 is 38.2 Å². The molecule has 1 N–H and O–H groups in total. The Morgan fingerprint density at radius 3 is 2.20 bits per heavy atom. The lowest BCUT2D eigenvalue weighted by Gasteiger charge is -1.94. The van der Waals surface area contributed by atoms with Crippen LogP contribution in [0.4, 0.5) is 0 Å². The highest BCUT2D eigenvalue weighted by atomic mass is 32.2. The molecule has 0 radical (unpaired) electrons. The fourth-order valence-corrected chi connectivity index (χ4v) is 0.209. The molecule has 0 aliphatic rings. The normalized spacial score (nSPS) is 11.8. The zero-order valence-corrected chi connectivity index (χ0v) is 5.53. The number of rotatable bonds is 5.